The lowest BCUT2D eigenvalue weighted by molar-refractivity contribution is 0.354. The molecular formula is C19H28N4O2. The average Bonchev–Trinajstić information content (AvgIpc) is 2.66. The van der Waals surface area contributed by atoms with Crippen LogP contribution in [0.2, 0.25) is 0 Å². The summed E-state index contributed by atoms with van der Waals surface area (Å²) in [4.78, 5) is 11.0. The summed E-state index contributed by atoms with van der Waals surface area (Å²) in [5.41, 5.74) is 1.18. The molecule has 1 N–H and O–H groups in total. The molecule has 136 valence electrons. The smallest absolute Gasteiger partial charge is 0.226 e. The van der Waals surface area contributed by atoms with Crippen LogP contribution in [0.1, 0.15) is 25.3 Å². The van der Waals surface area contributed by atoms with Crippen LogP contribution in [0, 0.1) is 0 Å². The van der Waals surface area contributed by atoms with Gasteiger partial charge in [0.05, 0.1) is 14.2 Å². The molecule has 0 aliphatic heterocycles. The third kappa shape index (κ3) is 5.52. The first kappa shape index (κ1) is 18.8. The van der Waals surface area contributed by atoms with Crippen molar-refractivity contribution in [1.29, 1.82) is 0 Å². The van der Waals surface area contributed by atoms with Gasteiger partial charge in [0, 0.05) is 26.3 Å². The van der Waals surface area contributed by atoms with E-state index in [1.54, 1.807) is 20.4 Å². The number of anilines is 2. The number of methoxy groups -OCH3 is 2. The molecule has 1 aromatic carbocycles. The van der Waals surface area contributed by atoms with Gasteiger partial charge in [0.25, 0.3) is 0 Å². The molecule has 0 spiro atoms. The van der Waals surface area contributed by atoms with Gasteiger partial charge >= 0.3 is 0 Å². The standard InChI is InChI=1S/C19H28N4O2/c1-5-6-13-23(2)19-21-12-10-18(22-19)20-11-9-15-7-8-16(24-3)17(14-15)25-4/h7-8,10,12,14H,5-6,9,11,13H2,1-4H3,(H,20,21,22). The van der Waals surface area contributed by atoms with Gasteiger partial charge in [0.1, 0.15) is 5.82 Å². The maximum atomic E-state index is 5.34. The quantitative estimate of drug-likeness (QED) is 0.713. The van der Waals surface area contributed by atoms with Crippen molar-refractivity contribution in [2.75, 3.05) is 44.6 Å². The first-order valence-electron chi connectivity index (χ1n) is 8.67. The SMILES string of the molecule is CCCCN(C)c1nccc(NCCc2ccc(OC)c(OC)c2)n1. The fraction of sp³-hybridized carbons (Fsp3) is 0.474. The normalized spacial score (nSPS) is 10.4. The van der Waals surface area contributed by atoms with Gasteiger partial charge < -0.3 is 19.7 Å². The van der Waals surface area contributed by atoms with E-state index in [0.717, 1.165) is 55.6 Å². The molecule has 0 aliphatic rings. The highest BCUT2D eigenvalue weighted by Crippen LogP contribution is 2.27. The Bertz CT molecular complexity index is 664. The highest BCUT2D eigenvalue weighted by molar-refractivity contribution is 5.44. The molecule has 0 fully saturated rings. The van der Waals surface area contributed by atoms with Crippen molar-refractivity contribution in [2.45, 2.75) is 26.2 Å². The maximum Gasteiger partial charge on any atom is 0.226 e. The van der Waals surface area contributed by atoms with E-state index < -0.39 is 0 Å². The second-order valence-electron chi connectivity index (χ2n) is 5.88. The number of nitrogens with zero attached hydrogens (tertiary/aromatic N) is 3. The summed E-state index contributed by atoms with van der Waals surface area (Å²) < 4.78 is 10.6. The van der Waals surface area contributed by atoms with Crippen LogP contribution in [0.25, 0.3) is 0 Å². The molecule has 0 saturated heterocycles. The van der Waals surface area contributed by atoms with Crippen LogP contribution < -0.4 is 19.7 Å². The summed E-state index contributed by atoms with van der Waals surface area (Å²) in [5.74, 6) is 3.09. The summed E-state index contributed by atoms with van der Waals surface area (Å²) in [6, 6.07) is 7.88. The Morgan fingerprint density at radius 3 is 2.64 bits per heavy atom. The summed E-state index contributed by atoms with van der Waals surface area (Å²) in [6.07, 6.45) is 4.96. The van der Waals surface area contributed by atoms with Gasteiger partial charge in [-0.3, -0.25) is 0 Å². The topological polar surface area (TPSA) is 59.5 Å². The molecule has 0 radical (unpaired) electrons. The predicted octanol–water partition coefficient (Wildman–Crippen LogP) is 3.38. The Morgan fingerprint density at radius 2 is 1.92 bits per heavy atom. The van der Waals surface area contributed by atoms with Crippen molar-refractivity contribution in [3.8, 4) is 11.5 Å². The first-order chi connectivity index (χ1) is 12.2. The number of nitrogens with one attached hydrogen (secondary N) is 1. The third-order valence-corrected chi connectivity index (χ3v) is 4.00. The Balaban J connectivity index is 1.91. The van der Waals surface area contributed by atoms with E-state index in [2.05, 4.69) is 27.1 Å². The minimum atomic E-state index is 0.745. The van der Waals surface area contributed by atoms with E-state index in [1.807, 2.05) is 31.3 Å². The molecule has 0 unspecified atom stereocenters. The number of aromatic nitrogens is 2. The molecule has 0 saturated carbocycles. The van der Waals surface area contributed by atoms with Crippen molar-refractivity contribution < 1.29 is 9.47 Å². The molecule has 25 heavy (non-hydrogen) atoms. The van der Waals surface area contributed by atoms with Gasteiger partial charge in [0.15, 0.2) is 11.5 Å². The van der Waals surface area contributed by atoms with E-state index >= 15 is 0 Å². The van der Waals surface area contributed by atoms with E-state index in [1.165, 1.54) is 5.56 Å². The van der Waals surface area contributed by atoms with Crippen LogP contribution in [-0.2, 0) is 6.42 Å². The highest BCUT2D eigenvalue weighted by Gasteiger charge is 2.06. The molecule has 0 bridgehead atoms. The van der Waals surface area contributed by atoms with Crippen molar-refractivity contribution in [3.05, 3.63) is 36.0 Å². The van der Waals surface area contributed by atoms with Gasteiger partial charge in [-0.1, -0.05) is 19.4 Å². The van der Waals surface area contributed by atoms with Gasteiger partial charge in [0.2, 0.25) is 5.95 Å². The molecule has 1 heterocycles. The molecule has 6 nitrogen and oxygen atoms in total. The van der Waals surface area contributed by atoms with E-state index in [0.29, 0.717) is 0 Å². The fourth-order valence-electron chi connectivity index (χ4n) is 2.50. The zero-order valence-electron chi connectivity index (χ0n) is 15.6. The second kappa shape index (κ2) is 9.71. The molecule has 2 rings (SSSR count). The molecule has 0 amide bonds. The Morgan fingerprint density at radius 1 is 1.12 bits per heavy atom. The molecule has 6 heteroatoms. The van der Waals surface area contributed by atoms with E-state index in [-0.39, 0.29) is 0 Å². The monoisotopic (exact) mass is 344 g/mol. The van der Waals surface area contributed by atoms with Gasteiger partial charge in [-0.2, -0.15) is 4.98 Å². The van der Waals surface area contributed by atoms with Crippen LogP contribution in [0.4, 0.5) is 11.8 Å². The minimum absolute atomic E-state index is 0.745. The summed E-state index contributed by atoms with van der Waals surface area (Å²) in [5, 5.41) is 3.36. The van der Waals surface area contributed by atoms with E-state index in [9.17, 15) is 0 Å². The average molecular weight is 344 g/mol. The largest absolute Gasteiger partial charge is 0.493 e. The Hall–Kier alpha value is -2.50. The van der Waals surface area contributed by atoms with E-state index in [4.69, 9.17) is 9.47 Å². The Kier molecular flexibility index (Phi) is 7.32. The van der Waals surface area contributed by atoms with Crippen molar-refractivity contribution in [3.63, 3.8) is 0 Å². The first-order valence-corrected chi connectivity index (χ1v) is 8.67. The fourth-order valence-corrected chi connectivity index (χ4v) is 2.50. The maximum absolute atomic E-state index is 5.34. The number of hydrogen-bond donors (Lipinski definition) is 1. The van der Waals surface area contributed by atoms with Crippen LogP contribution >= 0.6 is 0 Å². The number of benzene rings is 1. The number of ether oxygens (including phenoxy) is 2. The molecule has 0 aliphatic carbocycles. The zero-order valence-corrected chi connectivity index (χ0v) is 15.6. The van der Waals surface area contributed by atoms with Gasteiger partial charge in [-0.25, -0.2) is 4.98 Å². The molecular weight excluding hydrogens is 316 g/mol. The number of rotatable bonds is 10. The Labute approximate surface area is 150 Å². The van der Waals surface area contributed by atoms with Crippen molar-refractivity contribution >= 4 is 11.8 Å². The molecule has 1 aromatic heterocycles. The van der Waals surface area contributed by atoms with Crippen LogP contribution in [-0.4, -0.2) is 44.3 Å². The number of hydrogen-bond acceptors (Lipinski definition) is 6. The zero-order chi connectivity index (χ0) is 18.1. The number of unbranched alkanes of at least 4 members (excludes halogenated alkanes) is 1. The molecule has 2 aromatic rings. The third-order valence-electron chi connectivity index (χ3n) is 4.00. The van der Waals surface area contributed by atoms with Crippen molar-refractivity contribution in [2.24, 2.45) is 0 Å². The van der Waals surface area contributed by atoms with Gasteiger partial charge in [-0.05, 0) is 36.6 Å². The minimum Gasteiger partial charge on any atom is -0.493 e. The lowest BCUT2D eigenvalue weighted by Crippen LogP contribution is -2.21. The second-order valence-corrected chi connectivity index (χ2v) is 5.88. The summed E-state index contributed by atoms with van der Waals surface area (Å²) >= 11 is 0. The van der Waals surface area contributed by atoms with Crippen LogP contribution in [0.3, 0.4) is 0 Å². The summed E-state index contributed by atoms with van der Waals surface area (Å²) in [6.45, 7) is 3.93. The van der Waals surface area contributed by atoms with Crippen LogP contribution in [0.5, 0.6) is 11.5 Å². The van der Waals surface area contributed by atoms with Crippen LogP contribution in [0.15, 0.2) is 30.5 Å². The molecule has 0 atom stereocenters. The highest BCUT2D eigenvalue weighted by atomic mass is 16.5. The lowest BCUT2D eigenvalue weighted by Gasteiger charge is -2.17. The van der Waals surface area contributed by atoms with Gasteiger partial charge in [-0.15, -0.1) is 0 Å². The predicted molar refractivity (Wildman–Crippen MR) is 102 cm³/mol. The lowest BCUT2D eigenvalue weighted by atomic mass is 10.1. The summed E-state index contributed by atoms with van der Waals surface area (Å²) in [7, 11) is 5.32. The van der Waals surface area contributed by atoms with Crippen molar-refractivity contribution in [1.82, 2.24) is 9.97 Å².